The van der Waals surface area contributed by atoms with Gasteiger partial charge in [0.1, 0.15) is 11.5 Å². The first-order chi connectivity index (χ1) is 15.6. The number of nitrogens with one attached hydrogen (secondary N) is 1. The van der Waals surface area contributed by atoms with E-state index in [0.717, 1.165) is 47.5 Å². The molecule has 0 amide bonds. The summed E-state index contributed by atoms with van der Waals surface area (Å²) in [5, 5.41) is 0.970. The van der Waals surface area contributed by atoms with Crippen molar-refractivity contribution in [2.75, 3.05) is 30.9 Å². The maximum atomic E-state index is 14.0. The highest BCUT2D eigenvalue weighted by molar-refractivity contribution is 7.94. The summed E-state index contributed by atoms with van der Waals surface area (Å²) in [5.41, 5.74) is 2.14. The molecule has 0 aromatic carbocycles. The SMILES string of the molecule is C[C@@H]1COCCN1c1cc(C2(S(C)(=O)=NC(C)(C)C)CC2)nc(-c2ccnc3[nH]ccc23)n1. The standard InChI is InChI=1S/C24H32N6O2S/c1-16-15-32-13-12-30(16)20-14-19(24(8-9-24)33(5,31)29-23(2,3)4)27-22(28-20)18-7-11-26-21-17(18)6-10-25-21/h6-7,10-11,14,16H,8-9,12-13,15H2,1-5H3,(H,25,26)/t16-,33?/m1/s1. The summed E-state index contributed by atoms with van der Waals surface area (Å²) in [6, 6.07) is 6.17. The third-order valence-corrected chi connectivity index (χ3v) is 9.38. The van der Waals surface area contributed by atoms with Crippen LogP contribution in [0.15, 0.2) is 35.0 Å². The fourth-order valence-electron chi connectivity index (χ4n) is 4.71. The highest BCUT2D eigenvalue weighted by atomic mass is 32.2. The van der Waals surface area contributed by atoms with Crippen LogP contribution in [-0.4, -0.2) is 61.7 Å². The second-order valence-corrected chi connectivity index (χ2v) is 12.8. The summed E-state index contributed by atoms with van der Waals surface area (Å²) in [4.78, 5) is 19.9. The van der Waals surface area contributed by atoms with E-state index in [9.17, 15) is 4.21 Å². The minimum Gasteiger partial charge on any atom is -0.377 e. The van der Waals surface area contributed by atoms with Crippen molar-refractivity contribution in [3.8, 4) is 11.4 Å². The number of rotatable bonds is 4. The highest BCUT2D eigenvalue weighted by Gasteiger charge is 2.54. The van der Waals surface area contributed by atoms with E-state index in [1.54, 1.807) is 12.5 Å². The minimum atomic E-state index is -2.53. The Kier molecular flexibility index (Phi) is 5.25. The fourth-order valence-corrected chi connectivity index (χ4v) is 7.28. The molecule has 33 heavy (non-hydrogen) atoms. The van der Waals surface area contributed by atoms with Crippen LogP contribution >= 0.6 is 0 Å². The molecular weight excluding hydrogens is 436 g/mol. The summed E-state index contributed by atoms with van der Waals surface area (Å²) in [7, 11) is -2.53. The van der Waals surface area contributed by atoms with Crippen molar-refractivity contribution in [3.63, 3.8) is 0 Å². The lowest BCUT2D eigenvalue weighted by molar-refractivity contribution is 0.0985. The molecular formula is C24H32N6O2S. The Bertz CT molecular complexity index is 1310. The van der Waals surface area contributed by atoms with E-state index >= 15 is 0 Å². The fraction of sp³-hybridized carbons (Fsp3) is 0.542. The summed E-state index contributed by atoms with van der Waals surface area (Å²) < 4.78 is 23.9. The number of hydrogen-bond donors (Lipinski definition) is 1. The molecule has 0 bridgehead atoms. The molecule has 1 N–H and O–H groups in total. The minimum absolute atomic E-state index is 0.194. The lowest BCUT2D eigenvalue weighted by atomic mass is 10.1. The molecule has 4 heterocycles. The second-order valence-electron chi connectivity index (χ2n) is 10.2. The van der Waals surface area contributed by atoms with Crippen molar-refractivity contribution >= 4 is 26.6 Å². The number of anilines is 1. The number of H-pyrrole nitrogens is 1. The van der Waals surface area contributed by atoms with E-state index in [0.29, 0.717) is 19.0 Å². The van der Waals surface area contributed by atoms with Crippen LogP contribution in [0.1, 0.15) is 46.2 Å². The molecule has 0 spiro atoms. The summed E-state index contributed by atoms with van der Waals surface area (Å²) in [6.07, 6.45) is 7.06. The zero-order chi connectivity index (χ0) is 23.4. The van der Waals surface area contributed by atoms with Gasteiger partial charge in [0.05, 0.1) is 45.0 Å². The summed E-state index contributed by atoms with van der Waals surface area (Å²) in [5.74, 6) is 1.48. The molecule has 1 saturated carbocycles. The topological polar surface area (TPSA) is 96.4 Å². The molecule has 2 aliphatic rings. The number of ether oxygens (including phenoxy) is 1. The van der Waals surface area contributed by atoms with Crippen LogP contribution in [0, 0.1) is 0 Å². The molecule has 1 aliphatic carbocycles. The predicted octanol–water partition coefficient (Wildman–Crippen LogP) is 4.13. The van der Waals surface area contributed by atoms with Gasteiger partial charge >= 0.3 is 0 Å². The summed E-state index contributed by atoms with van der Waals surface area (Å²) in [6.45, 7) is 10.2. The van der Waals surface area contributed by atoms with Crippen LogP contribution in [-0.2, 0) is 19.2 Å². The molecule has 5 rings (SSSR count). The number of pyridine rings is 1. The third kappa shape index (κ3) is 4.01. The number of fused-ring (bicyclic) bond motifs is 1. The van der Waals surface area contributed by atoms with E-state index in [1.807, 2.05) is 45.2 Å². The smallest absolute Gasteiger partial charge is 0.162 e. The number of nitrogens with zero attached hydrogens (tertiary/aromatic N) is 5. The molecule has 2 atom stereocenters. The summed E-state index contributed by atoms with van der Waals surface area (Å²) >= 11 is 0. The van der Waals surface area contributed by atoms with Gasteiger partial charge in [0.25, 0.3) is 0 Å². The zero-order valence-corrected chi connectivity index (χ0v) is 20.8. The largest absolute Gasteiger partial charge is 0.377 e. The van der Waals surface area contributed by atoms with Gasteiger partial charge in [0.2, 0.25) is 0 Å². The molecule has 176 valence electrons. The van der Waals surface area contributed by atoms with Crippen molar-refractivity contribution in [1.82, 2.24) is 19.9 Å². The first kappa shape index (κ1) is 22.3. The first-order valence-corrected chi connectivity index (χ1v) is 13.4. The quantitative estimate of drug-likeness (QED) is 0.618. The molecule has 2 fully saturated rings. The van der Waals surface area contributed by atoms with Gasteiger partial charge in [-0.2, -0.15) is 0 Å². The van der Waals surface area contributed by atoms with E-state index < -0.39 is 14.5 Å². The van der Waals surface area contributed by atoms with Crippen molar-refractivity contribution in [3.05, 3.63) is 36.3 Å². The maximum absolute atomic E-state index is 14.0. The van der Waals surface area contributed by atoms with Gasteiger partial charge in [0.15, 0.2) is 5.82 Å². The van der Waals surface area contributed by atoms with Crippen molar-refractivity contribution in [2.45, 2.75) is 56.9 Å². The van der Waals surface area contributed by atoms with E-state index in [2.05, 4.69) is 21.8 Å². The van der Waals surface area contributed by atoms with Crippen molar-refractivity contribution in [1.29, 1.82) is 0 Å². The second kappa shape index (κ2) is 7.77. The van der Waals surface area contributed by atoms with Crippen molar-refractivity contribution in [2.24, 2.45) is 4.36 Å². The molecule has 3 aromatic heterocycles. The number of aromatic nitrogens is 4. The van der Waals surface area contributed by atoms with Gasteiger partial charge in [-0.3, -0.25) is 0 Å². The Balaban J connectivity index is 1.71. The zero-order valence-electron chi connectivity index (χ0n) is 20.0. The van der Waals surface area contributed by atoms with Crippen LogP contribution in [0.5, 0.6) is 0 Å². The Morgan fingerprint density at radius 2 is 2.06 bits per heavy atom. The average Bonchev–Trinajstić information content (AvgIpc) is 3.44. The predicted molar refractivity (Wildman–Crippen MR) is 132 cm³/mol. The van der Waals surface area contributed by atoms with E-state index in [-0.39, 0.29) is 11.6 Å². The van der Waals surface area contributed by atoms with E-state index in [4.69, 9.17) is 19.1 Å². The average molecular weight is 469 g/mol. The molecule has 1 unspecified atom stereocenters. The van der Waals surface area contributed by atoms with Gasteiger partial charge in [-0.05, 0) is 52.7 Å². The third-order valence-electron chi connectivity index (χ3n) is 6.42. The monoisotopic (exact) mass is 468 g/mol. The molecule has 0 radical (unpaired) electrons. The number of morpholine rings is 1. The van der Waals surface area contributed by atoms with Gasteiger partial charge < -0.3 is 14.6 Å². The first-order valence-electron chi connectivity index (χ1n) is 11.5. The molecule has 9 heteroatoms. The van der Waals surface area contributed by atoms with Gasteiger partial charge in [-0.25, -0.2) is 23.5 Å². The van der Waals surface area contributed by atoms with Crippen LogP contribution in [0.2, 0.25) is 0 Å². The molecule has 3 aromatic rings. The lowest BCUT2D eigenvalue weighted by Crippen LogP contribution is -2.44. The molecule has 1 saturated heterocycles. The maximum Gasteiger partial charge on any atom is 0.162 e. The lowest BCUT2D eigenvalue weighted by Gasteiger charge is -2.35. The highest BCUT2D eigenvalue weighted by Crippen LogP contribution is 2.54. The van der Waals surface area contributed by atoms with Crippen molar-refractivity contribution < 1.29 is 8.95 Å². The Hall–Kier alpha value is -2.52. The Morgan fingerprint density at radius 1 is 1.27 bits per heavy atom. The Labute approximate surface area is 195 Å². The number of hydrogen-bond acceptors (Lipinski definition) is 7. The van der Waals surface area contributed by atoms with Crippen LogP contribution < -0.4 is 4.90 Å². The van der Waals surface area contributed by atoms with Crippen LogP contribution in [0.25, 0.3) is 22.4 Å². The van der Waals surface area contributed by atoms with Crippen LogP contribution in [0.4, 0.5) is 5.82 Å². The molecule has 8 nitrogen and oxygen atoms in total. The van der Waals surface area contributed by atoms with E-state index in [1.165, 1.54) is 0 Å². The van der Waals surface area contributed by atoms with Gasteiger partial charge in [0, 0.05) is 42.2 Å². The van der Waals surface area contributed by atoms with Crippen LogP contribution in [0.3, 0.4) is 0 Å². The normalized spacial score (nSPS) is 22.2. The number of aromatic amines is 1. The van der Waals surface area contributed by atoms with Gasteiger partial charge in [-0.1, -0.05) is 0 Å². The molecule has 1 aliphatic heterocycles. The Morgan fingerprint density at radius 3 is 2.76 bits per heavy atom. The van der Waals surface area contributed by atoms with Gasteiger partial charge in [-0.15, -0.1) is 0 Å².